The van der Waals surface area contributed by atoms with Crippen LogP contribution in [0.25, 0.3) is 5.65 Å². The number of rotatable bonds is 5. The standard InChI is InChI=1S/C23H26ClN5O3/c1-14-12-25-29-19(11-18(24)27-20(14)29)28(22(31)32-23(2,3)4)13-15-5-9-17(10-6-15)26-21(30)16-7-8-16/h5-6,9-12,16H,7-8,13H2,1-4H3,(H,26,30). The number of halogens is 1. The molecule has 0 unspecified atom stereocenters. The number of nitrogens with zero attached hydrogens (tertiary/aromatic N) is 4. The Morgan fingerprint density at radius 3 is 2.56 bits per heavy atom. The predicted molar refractivity (Wildman–Crippen MR) is 123 cm³/mol. The fourth-order valence-electron chi connectivity index (χ4n) is 3.24. The SMILES string of the molecule is Cc1cnn2c(N(Cc3ccc(NC(=O)C4CC4)cc3)C(=O)OC(C)(C)C)cc(Cl)nc12. The van der Waals surface area contributed by atoms with Gasteiger partial charge in [-0.2, -0.15) is 9.61 Å². The molecule has 168 valence electrons. The Labute approximate surface area is 191 Å². The Balaban J connectivity index is 1.65. The Hall–Kier alpha value is -3.13. The van der Waals surface area contributed by atoms with Crippen LogP contribution in [0.15, 0.2) is 36.5 Å². The lowest BCUT2D eigenvalue weighted by Crippen LogP contribution is -2.37. The van der Waals surface area contributed by atoms with Crippen molar-refractivity contribution in [3.63, 3.8) is 0 Å². The first-order chi connectivity index (χ1) is 15.1. The van der Waals surface area contributed by atoms with E-state index in [1.165, 1.54) is 4.90 Å². The molecule has 1 fully saturated rings. The summed E-state index contributed by atoms with van der Waals surface area (Å²) in [6.45, 7) is 7.54. The van der Waals surface area contributed by atoms with E-state index in [2.05, 4.69) is 15.4 Å². The first kappa shape index (κ1) is 22.1. The highest BCUT2D eigenvalue weighted by Crippen LogP contribution is 2.30. The van der Waals surface area contributed by atoms with Crippen LogP contribution in [0.4, 0.5) is 16.3 Å². The molecule has 1 aliphatic rings. The summed E-state index contributed by atoms with van der Waals surface area (Å²) in [5.74, 6) is 0.637. The molecule has 0 radical (unpaired) electrons. The predicted octanol–water partition coefficient (Wildman–Crippen LogP) is 4.98. The van der Waals surface area contributed by atoms with Crippen molar-refractivity contribution >= 4 is 40.8 Å². The van der Waals surface area contributed by atoms with E-state index in [0.717, 1.165) is 29.7 Å². The molecule has 1 saturated carbocycles. The third-order valence-electron chi connectivity index (χ3n) is 5.00. The largest absolute Gasteiger partial charge is 0.443 e. The van der Waals surface area contributed by atoms with Crippen LogP contribution in [0.3, 0.4) is 0 Å². The summed E-state index contributed by atoms with van der Waals surface area (Å²) in [6.07, 6.45) is 3.04. The molecule has 4 rings (SSSR count). The number of carbonyl (C=O) groups is 2. The Bertz CT molecular complexity index is 1160. The summed E-state index contributed by atoms with van der Waals surface area (Å²) in [6, 6.07) is 8.99. The maximum atomic E-state index is 13.2. The molecule has 1 N–H and O–H groups in total. The Morgan fingerprint density at radius 2 is 1.94 bits per heavy atom. The summed E-state index contributed by atoms with van der Waals surface area (Å²) in [4.78, 5) is 31.0. The molecule has 2 aromatic heterocycles. The number of anilines is 2. The van der Waals surface area contributed by atoms with Crippen molar-refractivity contribution in [1.82, 2.24) is 14.6 Å². The third-order valence-corrected chi connectivity index (χ3v) is 5.19. The molecule has 0 atom stereocenters. The number of aryl methyl sites for hydroxylation is 1. The van der Waals surface area contributed by atoms with Crippen molar-refractivity contribution in [2.24, 2.45) is 5.92 Å². The van der Waals surface area contributed by atoms with Crippen molar-refractivity contribution in [1.29, 1.82) is 0 Å². The van der Waals surface area contributed by atoms with Crippen molar-refractivity contribution in [2.75, 3.05) is 10.2 Å². The topological polar surface area (TPSA) is 88.8 Å². The van der Waals surface area contributed by atoms with E-state index in [9.17, 15) is 9.59 Å². The van der Waals surface area contributed by atoms with E-state index in [1.54, 1.807) is 16.8 Å². The van der Waals surface area contributed by atoms with Crippen molar-refractivity contribution in [3.05, 3.63) is 52.8 Å². The Morgan fingerprint density at radius 1 is 1.25 bits per heavy atom. The number of benzene rings is 1. The minimum absolute atomic E-state index is 0.0519. The molecular weight excluding hydrogens is 430 g/mol. The average molecular weight is 456 g/mol. The number of hydrogen-bond donors (Lipinski definition) is 1. The molecule has 32 heavy (non-hydrogen) atoms. The number of carbonyl (C=O) groups excluding carboxylic acids is 2. The second kappa shape index (κ2) is 8.43. The van der Waals surface area contributed by atoms with Crippen LogP contribution in [0, 0.1) is 12.8 Å². The van der Waals surface area contributed by atoms with Crippen LogP contribution in [0.2, 0.25) is 5.15 Å². The van der Waals surface area contributed by atoms with E-state index >= 15 is 0 Å². The van der Waals surface area contributed by atoms with Gasteiger partial charge in [0.1, 0.15) is 16.6 Å². The maximum Gasteiger partial charge on any atom is 0.416 e. The highest BCUT2D eigenvalue weighted by molar-refractivity contribution is 6.29. The highest BCUT2D eigenvalue weighted by atomic mass is 35.5. The molecular formula is C23H26ClN5O3. The van der Waals surface area contributed by atoms with E-state index < -0.39 is 11.7 Å². The smallest absolute Gasteiger partial charge is 0.416 e. The van der Waals surface area contributed by atoms with Gasteiger partial charge < -0.3 is 10.1 Å². The van der Waals surface area contributed by atoms with Crippen LogP contribution in [-0.2, 0) is 16.1 Å². The van der Waals surface area contributed by atoms with Gasteiger partial charge in [-0.25, -0.2) is 9.78 Å². The third kappa shape index (κ3) is 5.02. The first-order valence-electron chi connectivity index (χ1n) is 10.5. The van der Waals surface area contributed by atoms with Crippen LogP contribution in [0.5, 0.6) is 0 Å². The molecule has 0 spiro atoms. The molecule has 8 nitrogen and oxygen atoms in total. The van der Waals surface area contributed by atoms with Gasteiger partial charge in [0.15, 0.2) is 5.65 Å². The monoisotopic (exact) mass is 455 g/mol. The lowest BCUT2D eigenvalue weighted by atomic mass is 10.2. The number of nitrogens with one attached hydrogen (secondary N) is 1. The first-order valence-corrected chi connectivity index (χ1v) is 10.9. The van der Waals surface area contributed by atoms with Gasteiger partial charge in [-0.15, -0.1) is 0 Å². The summed E-state index contributed by atoms with van der Waals surface area (Å²) < 4.78 is 7.24. The fourth-order valence-corrected chi connectivity index (χ4v) is 3.42. The Kier molecular flexibility index (Phi) is 5.81. The van der Waals surface area contributed by atoms with Crippen LogP contribution in [-0.4, -0.2) is 32.2 Å². The minimum Gasteiger partial charge on any atom is -0.443 e. The maximum absolute atomic E-state index is 13.2. The molecule has 2 amide bonds. The van der Waals surface area contributed by atoms with E-state index in [4.69, 9.17) is 16.3 Å². The number of aromatic nitrogens is 3. The highest BCUT2D eigenvalue weighted by Gasteiger charge is 2.30. The minimum atomic E-state index is -0.678. The van der Waals surface area contributed by atoms with Crippen LogP contribution >= 0.6 is 11.6 Å². The number of amides is 2. The van der Waals surface area contributed by atoms with Crippen molar-refractivity contribution in [2.45, 2.75) is 52.7 Å². The molecule has 2 heterocycles. The average Bonchev–Trinajstić information content (AvgIpc) is 3.50. The summed E-state index contributed by atoms with van der Waals surface area (Å²) in [5.41, 5.74) is 2.31. The zero-order valence-corrected chi connectivity index (χ0v) is 19.3. The lowest BCUT2D eigenvalue weighted by Gasteiger charge is -2.27. The van der Waals surface area contributed by atoms with Gasteiger partial charge in [0.05, 0.1) is 12.7 Å². The quantitative estimate of drug-likeness (QED) is 0.548. The van der Waals surface area contributed by atoms with Gasteiger partial charge in [0.25, 0.3) is 0 Å². The molecule has 0 saturated heterocycles. The molecule has 3 aromatic rings. The fraction of sp³-hybridized carbons (Fsp3) is 0.391. The summed E-state index contributed by atoms with van der Waals surface area (Å²) >= 11 is 6.27. The lowest BCUT2D eigenvalue weighted by molar-refractivity contribution is -0.117. The van der Waals surface area contributed by atoms with Gasteiger partial charge in [-0.05, 0) is 58.2 Å². The second-order valence-corrected chi connectivity index (χ2v) is 9.41. The van der Waals surface area contributed by atoms with Crippen LogP contribution in [0.1, 0.15) is 44.7 Å². The number of hydrogen-bond acceptors (Lipinski definition) is 5. The molecule has 9 heteroatoms. The van der Waals surface area contributed by atoms with E-state index in [0.29, 0.717) is 11.5 Å². The molecule has 1 aliphatic carbocycles. The van der Waals surface area contributed by atoms with Crippen LogP contribution < -0.4 is 10.2 Å². The van der Waals surface area contributed by atoms with Gasteiger partial charge in [0, 0.05) is 23.2 Å². The normalized spacial score (nSPS) is 13.8. The summed E-state index contributed by atoms with van der Waals surface area (Å²) in [5, 5.41) is 7.54. The van der Waals surface area contributed by atoms with Gasteiger partial charge in [-0.1, -0.05) is 23.7 Å². The number of fused-ring (bicyclic) bond motifs is 1. The zero-order chi connectivity index (χ0) is 23.0. The molecule has 0 bridgehead atoms. The van der Waals surface area contributed by atoms with Gasteiger partial charge >= 0.3 is 6.09 Å². The van der Waals surface area contributed by atoms with E-state index in [-0.39, 0.29) is 23.5 Å². The summed E-state index contributed by atoms with van der Waals surface area (Å²) in [7, 11) is 0. The zero-order valence-electron chi connectivity index (χ0n) is 18.6. The molecule has 1 aromatic carbocycles. The van der Waals surface area contributed by atoms with Gasteiger partial charge in [0.2, 0.25) is 5.91 Å². The number of ether oxygens (including phenoxy) is 1. The van der Waals surface area contributed by atoms with Gasteiger partial charge in [-0.3, -0.25) is 9.69 Å². The van der Waals surface area contributed by atoms with E-state index in [1.807, 2.05) is 52.0 Å². The van der Waals surface area contributed by atoms with Crippen molar-refractivity contribution in [3.8, 4) is 0 Å². The second-order valence-electron chi connectivity index (χ2n) is 9.03. The van der Waals surface area contributed by atoms with Crippen molar-refractivity contribution < 1.29 is 14.3 Å². The molecule has 0 aliphatic heterocycles.